The van der Waals surface area contributed by atoms with Crippen molar-refractivity contribution in [3.8, 4) is 0 Å². The van der Waals surface area contributed by atoms with Crippen LogP contribution in [0.4, 0.5) is 4.39 Å². The number of rotatable bonds is 3. The van der Waals surface area contributed by atoms with Crippen LogP contribution in [0.25, 0.3) is 0 Å². The van der Waals surface area contributed by atoms with Crippen molar-refractivity contribution in [2.75, 3.05) is 0 Å². The molecule has 0 fully saturated rings. The number of hydrogen-bond donors (Lipinski definition) is 1. The van der Waals surface area contributed by atoms with Gasteiger partial charge >= 0.3 is 0 Å². The third kappa shape index (κ3) is 3.34. The fourth-order valence-corrected chi connectivity index (χ4v) is 2.33. The molecule has 1 N–H and O–H groups in total. The monoisotopic (exact) mass is 278 g/mol. The third-order valence-electron chi connectivity index (χ3n) is 3.32. The van der Waals surface area contributed by atoms with Crippen LogP contribution in [0.15, 0.2) is 36.4 Å². The van der Waals surface area contributed by atoms with Crippen LogP contribution in [-0.2, 0) is 6.42 Å². The van der Waals surface area contributed by atoms with Crippen LogP contribution in [-0.4, -0.2) is 5.11 Å². The summed E-state index contributed by atoms with van der Waals surface area (Å²) in [5.74, 6) is -0.282. The molecule has 2 aromatic carbocycles. The molecule has 1 unspecified atom stereocenters. The summed E-state index contributed by atoms with van der Waals surface area (Å²) < 4.78 is 13.2. The lowest BCUT2D eigenvalue weighted by molar-refractivity contribution is 0.177. The van der Waals surface area contributed by atoms with Crippen molar-refractivity contribution in [1.29, 1.82) is 0 Å². The zero-order valence-electron chi connectivity index (χ0n) is 11.0. The molecule has 2 aromatic rings. The molecule has 3 heteroatoms. The molecule has 0 radical (unpaired) electrons. The Bertz CT molecular complexity index is 595. The molecular weight excluding hydrogens is 263 g/mol. The highest BCUT2D eigenvalue weighted by molar-refractivity contribution is 6.30. The molecule has 0 saturated carbocycles. The van der Waals surface area contributed by atoms with E-state index in [1.54, 1.807) is 18.2 Å². The minimum Gasteiger partial charge on any atom is -0.388 e. The molecule has 0 aromatic heterocycles. The van der Waals surface area contributed by atoms with Crippen LogP contribution in [0.2, 0.25) is 5.02 Å². The second kappa shape index (κ2) is 5.72. The number of aliphatic hydroxyl groups excluding tert-OH is 1. The van der Waals surface area contributed by atoms with Crippen molar-refractivity contribution >= 4 is 11.6 Å². The molecule has 0 aliphatic heterocycles. The fourth-order valence-electron chi connectivity index (χ4n) is 2.15. The minimum absolute atomic E-state index is 0.282. The predicted octanol–water partition coefficient (Wildman–Crippen LogP) is 4.37. The molecule has 2 rings (SSSR count). The van der Waals surface area contributed by atoms with Crippen LogP contribution in [0.1, 0.15) is 28.4 Å². The summed E-state index contributed by atoms with van der Waals surface area (Å²) in [4.78, 5) is 0. The summed E-state index contributed by atoms with van der Waals surface area (Å²) in [5, 5.41) is 10.9. The van der Waals surface area contributed by atoms with E-state index < -0.39 is 6.10 Å². The largest absolute Gasteiger partial charge is 0.388 e. The highest BCUT2D eigenvalue weighted by atomic mass is 35.5. The molecular formula is C16H16ClFO. The van der Waals surface area contributed by atoms with Gasteiger partial charge in [0.25, 0.3) is 0 Å². The summed E-state index contributed by atoms with van der Waals surface area (Å²) in [7, 11) is 0. The Morgan fingerprint density at radius 1 is 1.11 bits per heavy atom. The van der Waals surface area contributed by atoms with E-state index in [9.17, 15) is 9.50 Å². The molecule has 100 valence electrons. The average Bonchev–Trinajstić information content (AvgIpc) is 2.36. The van der Waals surface area contributed by atoms with Gasteiger partial charge in [-0.25, -0.2) is 4.39 Å². The van der Waals surface area contributed by atoms with E-state index in [0.29, 0.717) is 11.4 Å². The number of halogens is 2. The third-order valence-corrected chi connectivity index (χ3v) is 3.56. The van der Waals surface area contributed by atoms with Crippen LogP contribution in [0.5, 0.6) is 0 Å². The van der Waals surface area contributed by atoms with Gasteiger partial charge in [-0.2, -0.15) is 0 Å². The number of aryl methyl sites for hydroxylation is 2. The minimum atomic E-state index is -0.681. The number of aliphatic hydroxyl groups is 1. The number of hydrogen-bond acceptors (Lipinski definition) is 1. The van der Waals surface area contributed by atoms with E-state index in [1.807, 2.05) is 19.9 Å². The lowest BCUT2D eigenvalue weighted by atomic mass is 9.95. The van der Waals surface area contributed by atoms with Gasteiger partial charge in [0.1, 0.15) is 5.82 Å². The molecule has 1 atom stereocenters. The molecule has 0 aliphatic carbocycles. The Morgan fingerprint density at radius 2 is 1.79 bits per heavy atom. The second-order valence-electron chi connectivity index (χ2n) is 4.79. The zero-order valence-corrected chi connectivity index (χ0v) is 11.7. The van der Waals surface area contributed by atoms with Gasteiger partial charge in [-0.05, 0) is 60.4 Å². The maximum Gasteiger partial charge on any atom is 0.123 e. The lowest BCUT2D eigenvalue weighted by Crippen LogP contribution is -2.05. The molecule has 0 spiro atoms. The summed E-state index contributed by atoms with van der Waals surface area (Å²) in [6.45, 7) is 3.83. The lowest BCUT2D eigenvalue weighted by Gasteiger charge is -2.15. The van der Waals surface area contributed by atoms with E-state index in [4.69, 9.17) is 11.6 Å². The Balaban J connectivity index is 2.27. The highest BCUT2D eigenvalue weighted by Gasteiger charge is 2.13. The highest BCUT2D eigenvalue weighted by Crippen LogP contribution is 2.26. The van der Waals surface area contributed by atoms with Gasteiger partial charge in [-0.1, -0.05) is 23.7 Å². The van der Waals surface area contributed by atoms with Crippen LogP contribution in [0.3, 0.4) is 0 Å². The molecule has 0 bridgehead atoms. The van der Waals surface area contributed by atoms with E-state index in [2.05, 4.69) is 0 Å². The smallest absolute Gasteiger partial charge is 0.123 e. The summed E-state index contributed by atoms with van der Waals surface area (Å²) in [6, 6.07) is 10.0. The van der Waals surface area contributed by atoms with Gasteiger partial charge in [-0.15, -0.1) is 0 Å². The van der Waals surface area contributed by atoms with Crippen molar-refractivity contribution in [3.63, 3.8) is 0 Å². The van der Waals surface area contributed by atoms with Gasteiger partial charge in [0, 0.05) is 11.4 Å². The second-order valence-corrected chi connectivity index (χ2v) is 5.23. The number of benzene rings is 2. The Morgan fingerprint density at radius 3 is 2.53 bits per heavy atom. The summed E-state index contributed by atoms with van der Waals surface area (Å²) in [5.41, 5.74) is 3.55. The van der Waals surface area contributed by atoms with Crippen LogP contribution >= 0.6 is 11.6 Å². The van der Waals surface area contributed by atoms with Gasteiger partial charge < -0.3 is 5.11 Å². The first kappa shape index (κ1) is 14.0. The molecule has 0 heterocycles. The van der Waals surface area contributed by atoms with Crippen molar-refractivity contribution in [2.24, 2.45) is 0 Å². The Kier molecular flexibility index (Phi) is 4.23. The summed E-state index contributed by atoms with van der Waals surface area (Å²) >= 11 is 5.95. The van der Waals surface area contributed by atoms with Crippen molar-refractivity contribution in [2.45, 2.75) is 26.4 Å². The predicted molar refractivity (Wildman–Crippen MR) is 76.0 cm³/mol. The van der Waals surface area contributed by atoms with Crippen molar-refractivity contribution < 1.29 is 9.50 Å². The first-order chi connectivity index (χ1) is 8.97. The Labute approximate surface area is 117 Å². The topological polar surface area (TPSA) is 20.2 Å². The molecule has 1 nitrogen and oxygen atoms in total. The van der Waals surface area contributed by atoms with Gasteiger partial charge in [0.2, 0.25) is 0 Å². The van der Waals surface area contributed by atoms with Gasteiger partial charge in [0.05, 0.1) is 6.10 Å². The van der Waals surface area contributed by atoms with Gasteiger partial charge in [-0.3, -0.25) is 0 Å². The summed E-state index contributed by atoms with van der Waals surface area (Å²) in [6.07, 6.45) is -0.302. The normalized spacial score (nSPS) is 12.5. The van der Waals surface area contributed by atoms with E-state index in [0.717, 1.165) is 22.3 Å². The molecule has 0 amide bonds. The first-order valence-electron chi connectivity index (χ1n) is 6.16. The quantitative estimate of drug-likeness (QED) is 0.884. The fraction of sp³-hybridized carbons (Fsp3) is 0.250. The van der Waals surface area contributed by atoms with E-state index >= 15 is 0 Å². The SMILES string of the molecule is Cc1ccc(F)cc1CC(O)c1cc(Cl)ccc1C. The zero-order chi connectivity index (χ0) is 14.0. The molecule has 0 aliphatic rings. The van der Waals surface area contributed by atoms with Crippen molar-refractivity contribution in [1.82, 2.24) is 0 Å². The van der Waals surface area contributed by atoms with E-state index in [1.165, 1.54) is 12.1 Å². The first-order valence-corrected chi connectivity index (χ1v) is 6.54. The van der Waals surface area contributed by atoms with Crippen LogP contribution in [0, 0.1) is 19.7 Å². The average molecular weight is 279 g/mol. The standard InChI is InChI=1S/C16H16ClFO/c1-10-4-6-14(18)7-12(10)8-16(19)15-9-13(17)5-3-11(15)2/h3-7,9,16,19H,8H2,1-2H3. The van der Waals surface area contributed by atoms with Crippen LogP contribution < -0.4 is 0 Å². The van der Waals surface area contributed by atoms with Gasteiger partial charge in [0.15, 0.2) is 0 Å². The molecule has 19 heavy (non-hydrogen) atoms. The van der Waals surface area contributed by atoms with Crippen molar-refractivity contribution in [3.05, 3.63) is 69.5 Å². The van der Waals surface area contributed by atoms with E-state index in [-0.39, 0.29) is 5.82 Å². The Hall–Kier alpha value is -1.38. The maximum atomic E-state index is 13.2. The molecule has 0 saturated heterocycles. The maximum absolute atomic E-state index is 13.2.